The number of rotatable bonds is 4. The summed E-state index contributed by atoms with van der Waals surface area (Å²) in [4.78, 5) is 4.56. The second-order valence-corrected chi connectivity index (χ2v) is 4.89. The topological polar surface area (TPSA) is 38.1 Å². The highest BCUT2D eigenvalue weighted by Crippen LogP contribution is 2.14. The Kier molecular flexibility index (Phi) is 3.42. The van der Waals surface area contributed by atoms with Gasteiger partial charge in [0.1, 0.15) is 6.26 Å². The molecule has 0 amide bonds. The van der Waals surface area contributed by atoms with Crippen LogP contribution >= 0.6 is 0 Å². The smallest absolute Gasteiger partial charge is 0.195 e. The molecule has 0 saturated carbocycles. The van der Waals surface area contributed by atoms with Crippen LogP contribution in [0.5, 0.6) is 0 Å². The van der Waals surface area contributed by atoms with Crippen LogP contribution in [0.3, 0.4) is 0 Å². The van der Waals surface area contributed by atoms with E-state index >= 15 is 0 Å². The first-order valence-electron chi connectivity index (χ1n) is 6.61. The van der Waals surface area contributed by atoms with E-state index in [1.54, 1.807) is 6.26 Å². The molecule has 3 rings (SSSR count). The summed E-state index contributed by atoms with van der Waals surface area (Å²) in [5.41, 5.74) is 2.30. The third kappa shape index (κ3) is 2.79. The molecule has 1 aliphatic rings. The molecule has 1 N–H and O–H groups in total. The molecule has 1 aromatic heterocycles. The molecule has 1 aromatic carbocycles. The minimum Gasteiger partial charge on any atom is -0.449 e. The lowest BCUT2D eigenvalue weighted by molar-refractivity contribution is 0.456. The highest BCUT2D eigenvalue weighted by Gasteiger charge is 2.17. The van der Waals surface area contributed by atoms with Crippen molar-refractivity contribution in [3.8, 4) is 0 Å². The quantitative estimate of drug-likeness (QED) is 0.895. The van der Waals surface area contributed by atoms with Crippen LogP contribution in [-0.4, -0.2) is 17.6 Å². The Morgan fingerprint density at radius 3 is 2.94 bits per heavy atom. The Labute approximate surface area is 107 Å². The lowest BCUT2D eigenvalue weighted by Crippen LogP contribution is -2.23. The summed E-state index contributed by atoms with van der Waals surface area (Å²) in [6, 6.07) is 10.9. The van der Waals surface area contributed by atoms with Crippen molar-refractivity contribution in [3.05, 3.63) is 53.7 Å². The van der Waals surface area contributed by atoms with E-state index in [0.717, 1.165) is 31.0 Å². The highest BCUT2D eigenvalue weighted by molar-refractivity contribution is 5.20. The van der Waals surface area contributed by atoms with Crippen LogP contribution in [0.1, 0.15) is 30.0 Å². The fourth-order valence-electron chi connectivity index (χ4n) is 2.47. The largest absolute Gasteiger partial charge is 0.449 e. The Morgan fingerprint density at radius 1 is 1.28 bits per heavy atom. The molecule has 2 heterocycles. The van der Waals surface area contributed by atoms with Gasteiger partial charge in [-0.1, -0.05) is 30.3 Å². The summed E-state index contributed by atoms with van der Waals surface area (Å²) in [5.74, 6) is 0.861. The number of hydrogen-bond donors (Lipinski definition) is 1. The van der Waals surface area contributed by atoms with Gasteiger partial charge in [0, 0.05) is 18.9 Å². The van der Waals surface area contributed by atoms with Gasteiger partial charge in [0.15, 0.2) is 5.89 Å². The molecule has 1 unspecified atom stereocenters. The molecule has 0 radical (unpaired) electrons. The van der Waals surface area contributed by atoms with E-state index in [-0.39, 0.29) is 0 Å². The molecule has 0 bridgehead atoms. The van der Waals surface area contributed by atoms with Crippen molar-refractivity contribution in [2.75, 3.05) is 6.54 Å². The van der Waals surface area contributed by atoms with E-state index in [2.05, 4.69) is 34.6 Å². The average molecular weight is 242 g/mol. The van der Waals surface area contributed by atoms with Gasteiger partial charge in [-0.3, -0.25) is 0 Å². The summed E-state index contributed by atoms with van der Waals surface area (Å²) < 4.78 is 5.55. The minimum atomic E-state index is 0.549. The van der Waals surface area contributed by atoms with E-state index < -0.39 is 0 Å². The number of benzene rings is 1. The molecular weight excluding hydrogens is 224 g/mol. The van der Waals surface area contributed by atoms with Crippen molar-refractivity contribution in [2.45, 2.75) is 31.7 Å². The minimum absolute atomic E-state index is 0.549. The normalized spacial score (nSPS) is 19.2. The van der Waals surface area contributed by atoms with Gasteiger partial charge >= 0.3 is 0 Å². The predicted molar refractivity (Wildman–Crippen MR) is 70.5 cm³/mol. The number of nitrogens with one attached hydrogen (secondary N) is 1. The van der Waals surface area contributed by atoms with Gasteiger partial charge < -0.3 is 9.73 Å². The maximum absolute atomic E-state index is 5.55. The summed E-state index contributed by atoms with van der Waals surface area (Å²) in [5, 5.41) is 3.46. The standard InChI is InChI=1S/C15H18N2O/c1-2-5-12(6-3-1)9-14-11-18-15(17-14)10-13-7-4-8-16-13/h1-3,5-6,11,13,16H,4,7-10H2. The lowest BCUT2D eigenvalue weighted by Gasteiger charge is -2.05. The van der Waals surface area contributed by atoms with Gasteiger partial charge in [-0.2, -0.15) is 0 Å². The Balaban J connectivity index is 1.62. The number of hydrogen-bond acceptors (Lipinski definition) is 3. The maximum Gasteiger partial charge on any atom is 0.195 e. The molecule has 1 atom stereocenters. The van der Waals surface area contributed by atoms with Crippen LogP contribution in [0.2, 0.25) is 0 Å². The fraction of sp³-hybridized carbons (Fsp3) is 0.400. The van der Waals surface area contributed by atoms with Crippen molar-refractivity contribution in [3.63, 3.8) is 0 Å². The Hall–Kier alpha value is -1.61. The van der Waals surface area contributed by atoms with Crippen molar-refractivity contribution >= 4 is 0 Å². The van der Waals surface area contributed by atoms with E-state index in [1.807, 2.05) is 6.07 Å². The first-order chi connectivity index (χ1) is 8.90. The average Bonchev–Trinajstić information content (AvgIpc) is 3.03. The van der Waals surface area contributed by atoms with Gasteiger partial charge in [-0.25, -0.2) is 4.98 Å². The molecule has 1 fully saturated rings. The zero-order valence-electron chi connectivity index (χ0n) is 10.4. The molecule has 3 nitrogen and oxygen atoms in total. The molecule has 1 saturated heterocycles. The molecular formula is C15H18N2O. The third-order valence-corrected chi connectivity index (χ3v) is 3.41. The van der Waals surface area contributed by atoms with Crippen molar-refractivity contribution in [1.82, 2.24) is 10.3 Å². The van der Waals surface area contributed by atoms with Crippen molar-refractivity contribution < 1.29 is 4.42 Å². The van der Waals surface area contributed by atoms with Gasteiger partial charge in [0.05, 0.1) is 5.69 Å². The van der Waals surface area contributed by atoms with E-state index in [4.69, 9.17) is 4.42 Å². The lowest BCUT2D eigenvalue weighted by atomic mass is 10.1. The summed E-state index contributed by atoms with van der Waals surface area (Å²) in [6.07, 6.45) is 6.05. The predicted octanol–water partition coefficient (Wildman–Crippen LogP) is 2.56. The van der Waals surface area contributed by atoms with Crippen LogP contribution in [0, 0.1) is 0 Å². The van der Waals surface area contributed by atoms with Gasteiger partial charge in [-0.15, -0.1) is 0 Å². The first-order valence-corrected chi connectivity index (χ1v) is 6.61. The Bertz CT molecular complexity index is 486. The van der Waals surface area contributed by atoms with Crippen LogP contribution in [0.4, 0.5) is 0 Å². The molecule has 94 valence electrons. The number of oxazole rings is 1. The van der Waals surface area contributed by atoms with E-state index in [9.17, 15) is 0 Å². The second kappa shape index (κ2) is 5.36. The molecule has 0 spiro atoms. The fourth-order valence-corrected chi connectivity index (χ4v) is 2.47. The van der Waals surface area contributed by atoms with Gasteiger partial charge in [0.2, 0.25) is 0 Å². The molecule has 1 aliphatic heterocycles. The van der Waals surface area contributed by atoms with Crippen molar-refractivity contribution in [1.29, 1.82) is 0 Å². The molecule has 0 aliphatic carbocycles. The maximum atomic E-state index is 5.55. The van der Waals surface area contributed by atoms with Gasteiger partial charge in [0.25, 0.3) is 0 Å². The summed E-state index contributed by atoms with van der Waals surface area (Å²) >= 11 is 0. The third-order valence-electron chi connectivity index (χ3n) is 3.41. The van der Waals surface area contributed by atoms with Gasteiger partial charge in [-0.05, 0) is 24.9 Å². The van der Waals surface area contributed by atoms with Crippen molar-refractivity contribution in [2.24, 2.45) is 0 Å². The van der Waals surface area contributed by atoms with Crippen LogP contribution in [-0.2, 0) is 12.8 Å². The first kappa shape index (κ1) is 11.5. The molecule has 18 heavy (non-hydrogen) atoms. The number of nitrogens with zero attached hydrogens (tertiary/aromatic N) is 1. The molecule has 3 heteroatoms. The Morgan fingerprint density at radius 2 is 2.17 bits per heavy atom. The van der Waals surface area contributed by atoms with Crippen LogP contribution in [0.25, 0.3) is 0 Å². The second-order valence-electron chi connectivity index (χ2n) is 4.89. The monoisotopic (exact) mass is 242 g/mol. The van der Waals surface area contributed by atoms with E-state index in [1.165, 1.54) is 18.4 Å². The van der Waals surface area contributed by atoms with E-state index in [0.29, 0.717) is 6.04 Å². The van der Waals surface area contributed by atoms with Crippen LogP contribution < -0.4 is 5.32 Å². The number of aromatic nitrogens is 1. The summed E-state index contributed by atoms with van der Waals surface area (Å²) in [7, 11) is 0. The zero-order chi connectivity index (χ0) is 12.2. The molecule has 2 aromatic rings. The zero-order valence-corrected chi connectivity index (χ0v) is 10.4. The summed E-state index contributed by atoms with van der Waals surface area (Å²) in [6.45, 7) is 1.13. The van der Waals surface area contributed by atoms with Crippen LogP contribution in [0.15, 0.2) is 41.0 Å². The highest BCUT2D eigenvalue weighted by atomic mass is 16.3. The SMILES string of the molecule is c1ccc(Cc2coc(CC3CCCN3)n2)cc1.